The summed E-state index contributed by atoms with van der Waals surface area (Å²) in [5.41, 5.74) is -1.47. The highest BCUT2D eigenvalue weighted by molar-refractivity contribution is 5.95. The van der Waals surface area contributed by atoms with Gasteiger partial charge in [0, 0.05) is 12.7 Å². The molecule has 1 fully saturated rings. The third-order valence-corrected chi connectivity index (χ3v) is 3.81. The number of amides is 1. The van der Waals surface area contributed by atoms with Gasteiger partial charge >= 0.3 is 6.18 Å². The number of rotatable bonds is 3. The van der Waals surface area contributed by atoms with Crippen LogP contribution in [-0.4, -0.2) is 10.5 Å². The molecule has 24 heavy (non-hydrogen) atoms. The van der Waals surface area contributed by atoms with Crippen LogP contribution in [0.3, 0.4) is 0 Å². The maximum atomic E-state index is 13.8. The molecule has 3 nitrogen and oxygen atoms in total. The van der Waals surface area contributed by atoms with Crippen LogP contribution in [0.2, 0.25) is 0 Å². The quantitative estimate of drug-likeness (QED) is 0.784. The predicted octanol–water partition coefficient (Wildman–Crippen LogP) is 3.80. The maximum Gasteiger partial charge on any atom is 0.416 e. The number of alkyl halides is 3. The number of halogens is 4. The van der Waals surface area contributed by atoms with E-state index in [1.807, 2.05) is 0 Å². The lowest BCUT2D eigenvalue weighted by molar-refractivity contribution is -0.137. The van der Waals surface area contributed by atoms with Crippen LogP contribution < -0.4 is 5.49 Å². The third-order valence-electron chi connectivity index (χ3n) is 3.81. The van der Waals surface area contributed by atoms with Gasteiger partial charge in [0.2, 0.25) is 0 Å². The Bertz CT molecular complexity index is 835. The topological polar surface area (TPSA) is 34.4 Å². The number of nitrogens with zero attached hydrogens (tertiary/aromatic N) is 2. The molecule has 126 valence electrons. The van der Waals surface area contributed by atoms with Crippen molar-refractivity contribution in [2.24, 2.45) is 10.9 Å². The van der Waals surface area contributed by atoms with Gasteiger partial charge in [-0.1, -0.05) is 6.07 Å². The van der Waals surface area contributed by atoms with Gasteiger partial charge in [0.15, 0.2) is 0 Å². The first-order valence-electron chi connectivity index (χ1n) is 7.46. The summed E-state index contributed by atoms with van der Waals surface area (Å²) >= 11 is 0. The lowest BCUT2D eigenvalue weighted by Gasteiger charge is -2.08. The van der Waals surface area contributed by atoms with Crippen LogP contribution in [0.1, 0.15) is 28.8 Å². The first-order valence-corrected chi connectivity index (χ1v) is 7.46. The molecule has 3 rings (SSSR count). The second-order valence-electron chi connectivity index (χ2n) is 5.76. The van der Waals surface area contributed by atoms with E-state index in [0.717, 1.165) is 12.8 Å². The van der Waals surface area contributed by atoms with Gasteiger partial charge in [0.05, 0.1) is 11.1 Å². The van der Waals surface area contributed by atoms with E-state index < -0.39 is 29.0 Å². The number of hydrogen-bond donors (Lipinski definition) is 0. The van der Waals surface area contributed by atoms with Gasteiger partial charge in [-0.25, -0.2) is 4.39 Å². The normalized spacial score (nSPS) is 15.6. The molecule has 1 aromatic heterocycles. The third kappa shape index (κ3) is 3.72. The summed E-state index contributed by atoms with van der Waals surface area (Å²) < 4.78 is 53.7. The van der Waals surface area contributed by atoms with Crippen molar-refractivity contribution < 1.29 is 22.4 Å². The molecule has 1 aliphatic rings. The van der Waals surface area contributed by atoms with Crippen LogP contribution in [0.5, 0.6) is 0 Å². The molecular weight excluding hydrogens is 324 g/mol. The summed E-state index contributed by atoms with van der Waals surface area (Å²) in [5, 5.41) is 0. The van der Waals surface area contributed by atoms with Crippen LogP contribution in [0.25, 0.3) is 0 Å². The predicted molar refractivity (Wildman–Crippen MR) is 78.5 cm³/mol. The minimum absolute atomic E-state index is 0.297. The number of hydrogen-bond acceptors (Lipinski definition) is 1. The molecular formula is C17H14F4N2O. The van der Waals surface area contributed by atoms with E-state index in [2.05, 4.69) is 4.99 Å². The molecule has 1 aliphatic carbocycles. The Morgan fingerprint density at radius 3 is 2.62 bits per heavy atom. The van der Waals surface area contributed by atoms with Crippen LogP contribution in [0.4, 0.5) is 17.6 Å². The van der Waals surface area contributed by atoms with E-state index in [0.29, 0.717) is 36.1 Å². The molecule has 1 amide bonds. The van der Waals surface area contributed by atoms with Crippen molar-refractivity contribution in [3.63, 3.8) is 0 Å². The summed E-state index contributed by atoms with van der Waals surface area (Å²) in [7, 11) is 0. The van der Waals surface area contributed by atoms with Crippen molar-refractivity contribution >= 4 is 5.91 Å². The summed E-state index contributed by atoms with van der Waals surface area (Å²) in [5.74, 6) is -1.54. The van der Waals surface area contributed by atoms with E-state index in [1.54, 1.807) is 29.0 Å². The van der Waals surface area contributed by atoms with Crippen molar-refractivity contribution in [1.82, 2.24) is 4.57 Å². The molecule has 0 aliphatic heterocycles. The van der Waals surface area contributed by atoms with E-state index >= 15 is 0 Å². The molecule has 0 atom stereocenters. The molecule has 0 N–H and O–H groups in total. The number of carbonyl (C=O) groups excluding carboxylic acids is 1. The highest BCUT2D eigenvalue weighted by Crippen LogP contribution is 2.31. The number of pyridine rings is 1. The molecule has 2 aromatic rings. The van der Waals surface area contributed by atoms with Crippen LogP contribution >= 0.6 is 0 Å². The van der Waals surface area contributed by atoms with Gasteiger partial charge in [0.25, 0.3) is 5.91 Å². The standard InChI is InChI=1S/C17H14F4N2O/c18-14-7-6-12(17(19,20)21)9-13(14)16(24)22-15-3-1-2-8-23(15)10-11-4-5-11/h1-3,6-9,11H,4-5,10H2/b22-15+. The number of carbonyl (C=O) groups is 1. The Labute approximate surface area is 135 Å². The molecule has 1 heterocycles. The van der Waals surface area contributed by atoms with Crippen molar-refractivity contribution in [2.45, 2.75) is 25.6 Å². The molecule has 7 heteroatoms. The fourth-order valence-electron chi connectivity index (χ4n) is 2.33. The van der Waals surface area contributed by atoms with Gasteiger partial charge in [0.1, 0.15) is 11.3 Å². The summed E-state index contributed by atoms with van der Waals surface area (Å²) in [6.07, 6.45) is -0.719. The number of aromatic nitrogens is 1. The van der Waals surface area contributed by atoms with E-state index in [1.165, 1.54) is 0 Å². The average Bonchev–Trinajstić information content (AvgIpc) is 3.32. The van der Waals surface area contributed by atoms with Crippen molar-refractivity contribution in [3.8, 4) is 0 Å². The van der Waals surface area contributed by atoms with Gasteiger partial charge in [-0.3, -0.25) is 4.79 Å². The molecule has 1 aromatic carbocycles. The summed E-state index contributed by atoms with van der Waals surface area (Å²) in [4.78, 5) is 16.0. The van der Waals surface area contributed by atoms with Crippen LogP contribution in [0, 0.1) is 11.7 Å². The van der Waals surface area contributed by atoms with Gasteiger partial charge in [-0.15, -0.1) is 0 Å². The first-order chi connectivity index (χ1) is 11.3. The molecule has 0 spiro atoms. The zero-order valence-electron chi connectivity index (χ0n) is 12.6. The zero-order valence-corrected chi connectivity index (χ0v) is 12.6. The Morgan fingerprint density at radius 1 is 1.21 bits per heavy atom. The zero-order chi connectivity index (χ0) is 17.3. The maximum absolute atomic E-state index is 13.8. The SMILES string of the molecule is O=C(/N=c1\ccccn1CC1CC1)c1cc(C(F)(F)F)ccc1F. The average molecular weight is 338 g/mol. The highest BCUT2D eigenvalue weighted by atomic mass is 19.4. The minimum Gasteiger partial charge on any atom is -0.333 e. The molecule has 0 radical (unpaired) electrons. The molecule has 0 bridgehead atoms. The van der Waals surface area contributed by atoms with Gasteiger partial charge < -0.3 is 4.57 Å². The molecule has 0 unspecified atom stereocenters. The second kappa shape index (κ2) is 6.22. The Hall–Kier alpha value is -2.44. The van der Waals surface area contributed by atoms with Crippen LogP contribution in [0.15, 0.2) is 47.6 Å². The van der Waals surface area contributed by atoms with Crippen molar-refractivity contribution in [3.05, 3.63) is 65.0 Å². The number of benzene rings is 1. The van der Waals surface area contributed by atoms with Crippen molar-refractivity contribution in [2.75, 3.05) is 0 Å². The van der Waals surface area contributed by atoms with Gasteiger partial charge in [-0.05, 0) is 49.1 Å². The first kappa shape index (κ1) is 16.4. The largest absolute Gasteiger partial charge is 0.416 e. The fraction of sp³-hybridized carbons (Fsp3) is 0.294. The Morgan fingerprint density at radius 2 is 1.96 bits per heavy atom. The molecule has 0 saturated heterocycles. The van der Waals surface area contributed by atoms with Crippen molar-refractivity contribution in [1.29, 1.82) is 0 Å². The highest BCUT2D eigenvalue weighted by Gasteiger charge is 2.32. The Balaban J connectivity index is 1.98. The van der Waals surface area contributed by atoms with Gasteiger partial charge in [-0.2, -0.15) is 18.2 Å². The smallest absolute Gasteiger partial charge is 0.333 e. The summed E-state index contributed by atoms with van der Waals surface area (Å²) in [6, 6.07) is 6.74. The Kier molecular flexibility index (Phi) is 4.26. The van der Waals surface area contributed by atoms with Crippen LogP contribution in [-0.2, 0) is 12.7 Å². The fourth-order valence-corrected chi connectivity index (χ4v) is 2.33. The van der Waals surface area contributed by atoms with E-state index in [9.17, 15) is 22.4 Å². The monoisotopic (exact) mass is 338 g/mol. The minimum atomic E-state index is -4.65. The van der Waals surface area contributed by atoms with E-state index in [-0.39, 0.29) is 0 Å². The summed E-state index contributed by atoms with van der Waals surface area (Å²) in [6.45, 7) is 0.679. The lowest BCUT2D eigenvalue weighted by atomic mass is 10.1. The lowest BCUT2D eigenvalue weighted by Crippen LogP contribution is -2.22. The molecule has 1 saturated carbocycles. The second-order valence-corrected chi connectivity index (χ2v) is 5.76. The van der Waals surface area contributed by atoms with E-state index in [4.69, 9.17) is 0 Å².